The second-order valence-corrected chi connectivity index (χ2v) is 4.50. The van der Waals surface area contributed by atoms with Crippen LogP contribution >= 0.6 is 0 Å². The Balaban J connectivity index is 2.39. The molecule has 0 amide bonds. The SMILES string of the molecule is CCOCCN1C(C)CC(C=O)CC1C. The largest absolute Gasteiger partial charge is 0.380 e. The summed E-state index contributed by atoms with van der Waals surface area (Å²) in [7, 11) is 0. The summed E-state index contributed by atoms with van der Waals surface area (Å²) < 4.78 is 5.37. The predicted molar refractivity (Wildman–Crippen MR) is 60.9 cm³/mol. The molecular weight excluding hydrogens is 190 g/mol. The lowest BCUT2D eigenvalue weighted by Crippen LogP contribution is -2.48. The summed E-state index contributed by atoms with van der Waals surface area (Å²) in [6, 6.07) is 1.01. The van der Waals surface area contributed by atoms with Crippen LogP contribution in [0.3, 0.4) is 0 Å². The van der Waals surface area contributed by atoms with E-state index in [9.17, 15) is 4.79 Å². The maximum absolute atomic E-state index is 10.8. The maximum Gasteiger partial charge on any atom is 0.123 e. The van der Waals surface area contributed by atoms with E-state index >= 15 is 0 Å². The molecule has 0 saturated carbocycles. The number of hydrogen-bond donors (Lipinski definition) is 0. The summed E-state index contributed by atoms with van der Waals surface area (Å²) in [5, 5.41) is 0. The van der Waals surface area contributed by atoms with Crippen LogP contribution in [-0.2, 0) is 9.53 Å². The second-order valence-electron chi connectivity index (χ2n) is 4.50. The van der Waals surface area contributed by atoms with Crippen LogP contribution in [0.2, 0.25) is 0 Å². The molecule has 1 aliphatic heterocycles. The average Bonchev–Trinajstić information content (AvgIpc) is 2.22. The highest BCUT2D eigenvalue weighted by Crippen LogP contribution is 2.25. The van der Waals surface area contributed by atoms with Crippen LogP contribution in [0.4, 0.5) is 0 Å². The first-order valence-corrected chi connectivity index (χ1v) is 5.97. The molecule has 0 aliphatic carbocycles. The molecule has 1 aliphatic rings. The second kappa shape index (κ2) is 6.23. The molecule has 88 valence electrons. The van der Waals surface area contributed by atoms with E-state index in [-0.39, 0.29) is 5.92 Å². The maximum atomic E-state index is 10.8. The Hall–Kier alpha value is -0.410. The molecule has 0 aromatic heterocycles. The first-order valence-electron chi connectivity index (χ1n) is 5.97. The van der Waals surface area contributed by atoms with Gasteiger partial charge in [0.05, 0.1) is 6.61 Å². The number of likely N-dealkylation sites (tertiary alicyclic amines) is 1. The fraction of sp³-hybridized carbons (Fsp3) is 0.917. The van der Waals surface area contributed by atoms with E-state index in [0.29, 0.717) is 12.1 Å². The first kappa shape index (κ1) is 12.7. The fourth-order valence-corrected chi connectivity index (χ4v) is 2.54. The van der Waals surface area contributed by atoms with E-state index in [0.717, 1.165) is 38.9 Å². The van der Waals surface area contributed by atoms with Crippen molar-refractivity contribution in [1.29, 1.82) is 0 Å². The third-order valence-corrected chi connectivity index (χ3v) is 3.31. The molecule has 3 nitrogen and oxygen atoms in total. The van der Waals surface area contributed by atoms with E-state index in [1.54, 1.807) is 0 Å². The highest BCUT2D eigenvalue weighted by atomic mass is 16.5. The van der Waals surface area contributed by atoms with Gasteiger partial charge in [0.25, 0.3) is 0 Å². The van der Waals surface area contributed by atoms with Crippen molar-refractivity contribution in [3.63, 3.8) is 0 Å². The van der Waals surface area contributed by atoms with Crippen molar-refractivity contribution < 1.29 is 9.53 Å². The summed E-state index contributed by atoms with van der Waals surface area (Å²) in [5.74, 6) is 0.262. The Morgan fingerprint density at radius 2 is 1.93 bits per heavy atom. The van der Waals surface area contributed by atoms with Gasteiger partial charge >= 0.3 is 0 Å². The van der Waals surface area contributed by atoms with Crippen molar-refractivity contribution in [3.05, 3.63) is 0 Å². The van der Waals surface area contributed by atoms with Crippen LogP contribution < -0.4 is 0 Å². The van der Waals surface area contributed by atoms with Crippen molar-refractivity contribution in [2.24, 2.45) is 5.92 Å². The normalized spacial score (nSPS) is 32.9. The van der Waals surface area contributed by atoms with Gasteiger partial charge in [-0.2, -0.15) is 0 Å². The van der Waals surface area contributed by atoms with Crippen molar-refractivity contribution >= 4 is 6.29 Å². The molecule has 2 unspecified atom stereocenters. The van der Waals surface area contributed by atoms with Crippen LogP contribution in [-0.4, -0.2) is 43.0 Å². The molecule has 1 rings (SSSR count). The molecule has 15 heavy (non-hydrogen) atoms. The van der Waals surface area contributed by atoms with Gasteiger partial charge < -0.3 is 9.53 Å². The Morgan fingerprint density at radius 1 is 1.33 bits per heavy atom. The zero-order valence-corrected chi connectivity index (χ0v) is 10.1. The molecular formula is C12H23NO2. The number of ether oxygens (including phenoxy) is 1. The minimum atomic E-state index is 0.262. The zero-order chi connectivity index (χ0) is 11.3. The van der Waals surface area contributed by atoms with Crippen molar-refractivity contribution in [3.8, 4) is 0 Å². The van der Waals surface area contributed by atoms with E-state index in [1.165, 1.54) is 0 Å². The first-order chi connectivity index (χ1) is 7.19. The van der Waals surface area contributed by atoms with Gasteiger partial charge in [0, 0.05) is 31.2 Å². The molecule has 0 radical (unpaired) electrons. The molecule has 1 fully saturated rings. The average molecular weight is 213 g/mol. The molecule has 3 heteroatoms. The molecule has 1 saturated heterocycles. The summed E-state index contributed by atoms with van der Waals surface area (Å²) in [6.07, 6.45) is 3.12. The molecule has 0 bridgehead atoms. The third kappa shape index (κ3) is 3.58. The number of carbonyl (C=O) groups excluding carboxylic acids is 1. The van der Waals surface area contributed by atoms with Crippen LogP contribution in [0.15, 0.2) is 0 Å². The summed E-state index contributed by atoms with van der Waals surface area (Å²) >= 11 is 0. The number of rotatable bonds is 5. The van der Waals surface area contributed by atoms with Gasteiger partial charge in [0.2, 0.25) is 0 Å². The number of carbonyl (C=O) groups is 1. The lowest BCUT2D eigenvalue weighted by atomic mass is 9.88. The zero-order valence-electron chi connectivity index (χ0n) is 10.1. The van der Waals surface area contributed by atoms with Gasteiger partial charge in [-0.1, -0.05) is 0 Å². The Labute approximate surface area is 92.8 Å². The number of piperidine rings is 1. The number of aldehydes is 1. The predicted octanol–water partition coefficient (Wildman–Crippen LogP) is 1.71. The lowest BCUT2D eigenvalue weighted by molar-refractivity contribution is -0.113. The molecule has 1 heterocycles. The van der Waals surface area contributed by atoms with Gasteiger partial charge in [-0.3, -0.25) is 4.90 Å². The molecule has 0 N–H and O–H groups in total. The summed E-state index contributed by atoms with van der Waals surface area (Å²) in [4.78, 5) is 13.2. The van der Waals surface area contributed by atoms with Crippen molar-refractivity contribution in [2.75, 3.05) is 19.8 Å². The molecule has 0 aromatic carbocycles. The summed E-state index contributed by atoms with van der Waals surface area (Å²) in [5.41, 5.74) is 0. The van der Waals surface area contributed by atoms with Gasteiger partial charge in [-0.25, -0.2) is 0 Å². The van der Waals surface area contributed by atoms with E-state index in [1.807, 2.05) is 6.92 Å². The Kier molecular flexibility index (Phi) is 5.26. The third-order valence-electron chi connectivity index (χ3n) is 3.31. The van der Waals surface area contributed by atoms with Crippen LogP contribution in [0.1, 0.15) is 33.6 Å². The molecule has 0 aromatic rings. The number of hydrogen-bond acceptors (Lipinski definition) is 3. The van der Waals surface area contributed by atoms with E-state index < -0.39 is 0 Å². The minimum Gasteiger partial charge on any atom is -0.380 e. The van der Waals surface area contributed by atoms with Crippen LogP contribution in [0.5, 0.6) is 0 Å². The highest BCUT2D eigenvalue weighted by Gasteiger charge is 2.29. The van der Waals surface area contributed by atoms with Gasteiger partial charge in [0.15, 0.2) is 0 Å². The number of nitrogens with zero attached hydrogens (tertiary/aromatic N) is 1. The topological polar surface area (TPSA) is 29.5 Å². The van der Waals surface area contributed by atoms with Crippen LogP contribution in [0, 0.1) is 5.92 Å². The standard InChI is InChI=1S/C12H23NO2/c1-4-15-6-5-13-10(2)7-12(9-14)8-11(13)3/h9-12H,4-8H2,1-3H3. The minimum absolute atomic E-state index is 0.262. The van der Waals surface area contributed by atoms with Gasteiger partial charge in [-0.15, -0.1) is 0 Å². The quantitative estimate of drug-likeness (QED) is 0.514. The molecule has 0 spiro atoms. The van der Waals surface area contributed by atoms with E-state index in [4.69, 9.17) is 4.74 Å². The van der Waals surface area contributed by atoms with Gasteiger partial charge in [0.1, 0.15) is 6.29 Å². The van der Waals surface area contributed by atoms with Crippen molar-refractivity contribution in [1.82, 2.24) is 4.90 Å². The lowest BCUT2D eigenvalue weighted by Gasteiger charge is -2.41. The highest BCUT2D eigenvalue weighted by molar-refractivity contribution is 5.53. The van der Waals surface area contributed by atoms with E-state index in [2.05, 4.69) is 18.7 Å². The summed E-state index contributed by atoms with van der Waals surface area (Å²) in [6.45, 7) is 9.01. The monoisotopic (exact) mass is 213 g/mol. The fourth-order valence-electron chi connectivity index (χ4n) is 2.54. The Morgan fingerprint density at radius 3 is 2.40 bits per heavy atom. The van der Waals surface area contributed by atoms with Crippen LogP contribution in [0.25, 0.3) is 0 Å². The molecule has 2 atom stereocenters. The smallest absolute Gasteiger partial charge is 0.123 e. The Bertz CT molecular complexity index is 184. The van der Waals surface area contributed by atoms with Gasteiger partial charge in [-0.05, 0) is 33.6 Å². The van der Waals surface area contributed by atoms with Crippen molar-refractivity contribution in [2.45, 2.75) is 45.7 Å².